The fourth-order valence-electron chi connectivity index (χ4n) is 1.62. The molecule has 2 N–H and O–H groups in total. The Labute approximate surface area is 115 Å². The van der Waals surface area contributed by atoms with Crippen molar-refractivity contribution < 1.29 is 9.90 Å². The van der Waals surface area contributed by atoms with Gasteiger partial charge < -0.3 is 10.4 Å². The monoisotopic (exact) mass is 277 g/mol. The highest BCUT2D eigenvalue weighted by atomic mass is 32.1. The molecule has 0 amide bonds. The second-order valence-electron chi connectivity index (χ2n) is 4.64. The van der Waals surface area contributed by atoms with E-state index in [2.05, 4.69) is 15.3 Å². The number of aromatic nitrogens is 2. The summed E-state index contributed by atoms with van der Waals surface area (Å²) in [5.74, 6) is -1.01. The minimum atomic E-state index is -1.01. The number of thiazole rings is 1. The van der Waals surface area contributed by atoms with Crippen LogP contribution in [0.2, 0.25) is 0 Å². The second-order valence-corrected chi connectivity index (χ2v) is 5.53. The van der Waals surface area contributed by atoms with E-state index in [-0.39, 0.29) is 11.2 Å². The summed E-state index contributed by atoms with van der Waals surface area (Å²) in [6.07, 6.45) is 1.77. The molecule has 0 saturated heterocycles. The lowest BCUT2D eigenvalue weighted by molar-refractivity contribution is 0.0690. The van der Waals surface area contributed by atoms with Crippen LogP contribution in [0.25, 0.3) is 0 Å². The van der Waals surface area contributed by atoms with E-state index in [9.17, 15) is 4.79 Å². The number of aromatic carboxylic acids is 1. The van der Waals surface area contributed by atoms with Crippen LogP contribution in [0.5, 0.6) is 0 Å². The molecular formula is C13H15N3O2S. The average molecular weight is 277 g/mol. The Morgan fingerprint density at radius 2 is 2.26 bits per heavy atom. The van der Waals surface area contributed by atoms with Gasteiger partial charge in [0.05, 0.1) is 11.2 Å². The van der Waals surface area contributed by atoms with Gasteiger partial charge in [0.15, 0.2) is 0 Å². The Morgan fingerprint density at radius 1 is 1.47 bits per heavy atom. The molecule has 100 valence electrons. The molecule has 0 radical (unpaired) electrons. The van der Waals surface area contributed by atoms with E-state index in [4.69, 9.17) is 5.11 Å². The summed E-state index contributed by atoms with van der Waals surface area (Å²) in [7, 11) is 0. The molecule has 19 heavy (non-hydrogen) atoms. The Balaban J connectivity index is 2.06. The maximum absolute atomic E-state index is 10.8. The first-order chi connectivity index (χ1) is 8.99. The summed E-state index contributed by atoms with van der Waals surface area (Å²) >= 11 is 1.58. The highest BCUT2D eigenvalue weighted by molar-refractivity contribution is 7.09. The molecule has 2 heterocycles. The third-order valence-electron chi connectivity index (χ3n) is 2.70. The van der Waals surface area contributed by atoms with Crippen LogP contribution in [0.15, 0.2) is 29.8 Å². The van der Waals surface area contributed by atoms with Crippen LogP contribution in [0, 0.1) is 0 Å². The summed E-state index contributed by atoms with van der Waals surface area (Å²) in [6, 6.07) is 4.99. The minimum Gasteiger partial charge on any atom is -0.477 e. The molecule has 0 aliphatic rings. The molecule has 2 aromatic heterocycles. The van der Waals surface area contributed by atoms with Crippen molar-refractivity contribution in [3.05, 3.63) is 46.2 Å². The van der Waals surface area contributed by atoms with Gasteiger partial charge in [-0.15, -0.1) is 11.3 Å². The first kappa shape index (κ1) is 13.6. The van der Waals surface area contributed by atoms with Crippen LogP contribution in [0.4, 0.5) is 0 Å². The lowest BCUT2D eigenvalue weighted by atomic mass is 10.1. The fourth-order valence-corrected chi connectivity index (χ4v) is 2.36. The number of hydrogen-bond acceptors (Lipinski definition) is 5. The molecule has 6 heteroatoms. The van der Waals surface area contributed by atoms with Gasteiger partial charge in [0.1, 0.15) is 10.7 Å². The molecule has 0 fully saturated rings. The number of carbonyl (C=O) groups is 1. The molecule has 5 nitrogen and oxygen atoms in total. The molecule has 0 bridgehead atoms. The standard InChI is InChI=1S/C13H15N3O2S/c1-13(2,12-14-6-7-19-12)15-8-9-4-3-5-10(16-9)11(17)18/h3-7,15H,8H2,1-2H3,(H,17,18). The molecule has 0 atom stereocenters. The van der Waals surface area contributed by atoms with Crippen molar-refractivity contribution >= 4 is 17.3 Å². The number of nitrogens with one attached hydrogen (secondary N) is 1. The molecular weight excluding hydrogens is 262 g/mol. The zero-order valence-corrected chi connectivity index (χ0v) is 11.6. The minimum absolute atomic E-state index is 0.0614. The predicted octanol–water partition coefficient (Wildman–Crippen LogP) is 2.26. The van der Waals surface area contributed by atoms with Crippen molar-refractivity contribution in [1.29, 1.82) is 0 Å². The van der Waals surface area contributed by atoms with Gasteiger partial charge in [-0.05, 0) is 26.0 Å². The van der Waals surface area contributed by atoms with E-state index in [1.54, 1.807) is 29.7 Å². The third kappa shape index (κ3) is 3.36. The van der Waals surface area contributed by atoms with Gasteiger partial charge in [-0.2, -0.15) is 0 Å². The zero-order valence-electron chi connectivity index (χ0n) is 10.8. The molecule has 0 aromatic carbocycles. The van der Waals surface area contributed by atoms with Crippen LogP contribution in [0.1, 0.15) is 35.0 Å². The normalized spacial score (nSPS) is 11.5. The zero-order chi connectivity index (χ0) is 13.9. The number of carboxylic acids is 1. The van der Waals surface area contributed by atoms with Gasteiger partial charge in [0, 0.05) is 18.1 Å². The highest BCUT2D eigenvalue weighted by Crippen LogP contribution is 2.22. The van der Waals surface area contributed by atoms with Crippen molar-refractivity contribution in [3.63, 3.8) is 0 Å². The van der Waals surface area contributed by atoms with Gasteiger partial charge >= 0.3 is 5.97 Å². The van der Waals surface area contributed by atoms with Gasteiger partial charge in [-0.1, -0.05) is 6.07 Å². The third-order valence-corrected chi connectivity index (χ3v) is 3.80. The molecule has 0 unspecified atom stereocenters. The van der Waals surface area contributed by atoms with E-state index in [1.165, 1.54) is 6.07 Å². The highest BCUT2D eigenvalue weighted by Gasteiger charge is 2.22. The van der Waals surface area contributed by atoms with Crippen LogP contribution in [-0.2, 0) is 12.1 Å². The van der Waals surface area contributed by atoms with Gasteiger partial charge in [0.25, 0.3) is 0 Å². The smallest absolute Gasteiger partial charge is 0.354 e. The lowest BCUT2D eigenvalue weighted by Gasteiger charge is -2.23. The summed E-state index contributed by atoms with van der Waals surface area (Å²) in [4.78, 5) is 19.2. The predicted molar refractivity (Wildman–Crippen MR) is 73.2 cm³/mol. The first-order valence-electron chi connectivity index (χ1n) is 5.83. The van der Waals surface area contributed by atoms with E-state index >= 15 is 0 Å². The maximum atomic E-state index is 10.8. The Hall–Kier alpha value is -1.79. The molecule has 0 saturated carbocycles. The van der Waals surface area contributed by atoms with Crippen molar-refractivity contribution in [2.75, 3.05) is 0 Å². The molecule has 0 aliphatic carbocycles. The molecule has 0 aliphatic heterocycles. The summed E-state index contributed by atoms with van der Waals surface area (Å²) in [5, 5.41) is 15.2. The summed E-state index contributed by atoms with van der Waals surface area (Å²) in [6.45, 7) is 4.56. The Morgan fingerprint density at radius 3 is 2.89 bits per heavy atom. The second kappa shape index (κ2) is 5.46. The Kier molecular flexibility index (Phi) is 3.92. The quantitative estimate of drug-likeness (QED) is 0.876. The van der Waals surface area contributed by atoms with Crippen molar-refractivity contribution in [2.24, 2.45) is 0 Å². The van der Waals surface area contributed by atoms with Crippen molar-refractivity contribution in [1.82, 2.24) is 15.3 Å². The van der Waals surface area contributed by atoms with Gasteiger partial charge in [-0.3, -0.25) is 0 Å². The summed E-state index contributed by atoms with van der Waals surface area (Å²) in [5.41, 5.74) is 0.491. The number of carboxylic acid groups (broad SMARTS) is 1. The van der Waals surface area contributed by atoms with E-state index in [0.717, 1.165) is 5.01 Å². The number of nitrogens with zero attached hydrogens (tertiary/aromatic N) is 2. The number of pyridine rings is 1. The number of rotatable bonds is 5. The van der Waals surface area contributed by atoms with E-state index in [0.29, 0.717) is 12.2 Å². The Bertz CT molecular complexity index is 567. The lowest BCUT2D eigenvalue weighted by Crippen LogP contribution is -2.36. The fraction of sp³-hybridized carbons (Fsp3) is 0.308. The van der Waals surface area contributed by atoms with Gasteiger partial charge in [-0.25, -0.2) is 14.8 Å². The van der Waals surface area contributed by atoms with Crippen LogP contribution in [-0.4, -0.2) is 21.0 Å². The maximum Gasteiger partial charge on any atom is 0.354 e. The average Bonchev–Trinajstić information content (AvgIpc) is 2.91. The molecule has 2 aromatic rings. The topological polar surface area (TPSA) is 75.1 Å². The van der Waals surface area contributed by atoms with E-state index < -0.39 is 5.97 Å². The van der Waals surface area contributed by atoms with Crippen LogP contribution in [0.3, 0.4) is 0 Å². The molecule has 2 rings (SSSR count). The SMILES string of the molecule is CC(C)(NCc1cccc(C(=O)O)n1)c1nccs1. The van der Waals surface area contributed by atoms with Crippen LogP contribution >= 0.6 is 11.3 Å². The first-order valence-corrected chi connectivity index (χ1v) is 6.71. The van der Waals surface area contributed by atoms with Crippen molar-refractivity contribution in [2.45, 2.75) is 25.9 Å². The summed E-state index contributed by atoms with van der Waals surface area (Å²) < 4.78 is 0. The molecule has 0 spiro atoms. The number of hydrogen-bond donors (Lipinski definition) is 2. The van der Waals surface area contributed by atoms with E-state index in [1.807, 2.05) is 19.2 Å². The van der Waals surface area contributed by atoms with Crippen LogP contribution < -0.4 is 5.32 Å². The largest absolute Gasteiger partial charge is 0.477 e. The van der Waals surface area contributed by atoms with Crippen molar-refractivity contribution in [3.8, 4) is 0 Å². The van der Waals surface area contributed by atoms with Gasteiger partial charge in [0.2, 0.25) is 0 Å².